The van der Waals surface area contributed by atoms with Crippen molar-refractivity contribution in [2.45, 2.75) is 91.4 Å². The zero-order chi connectivity index (χ0) is 24.0. The van der Waals surface area contributed by atoms with Gasteiger partial charge in [-0.3, -0.25) is 0 Å². The average Bonchev–Trinajstić information content (AvgIpc) is 3.51. The van der Waals surface area contributed by atoms with E-state index in [1.54, 1.807) is 22.7 Å². The molecule has 0 aliphatic heterocycles. The summed E-state index contributed by atoms with van der Waals surface area (Å²) in [6.45, 7) is 6.60. The summed E-state index contributed by atoms with van der Waals surface area (Å²) in [5.74, 6) is 12.9. The summed E-state index contributed by atoms with van der Waals surface area (Å²) in [5.41, 5.74) is 3.20. The van der Waals surface area contributed by atoms with E-state index in [0.717, 1.165) is 50.4 Å². The van der Waals surface area contributed by atoms with Gasteiger partial charge in [0.15, 0.2) is 10.0 Å². The van der Waals surface area contributed by atoms with Crippen molar-refractivity contribution in [2.24, 2.45) is 0 Å². The Balaban J connectivity index is 1.61. The minimum Gasteiger partial charge on any atom is -0.143 e. The van der Waals surface area contributed by atoms with E-state index in [9.17, 15) is 0 Å². The molecule has 1 aromatic carbocycles. The van der Waals surface area contributed by atoms with E-state index in [0.29, 0.717) is 0 Å². The Kier molecular flexibility index (Phi) is 11.2. The molecule has 0 atom stereocenters. The molecule has 0 fully saturated rings. The minimum absolute atomic E-state index is 0.786. The normalized spacial score (nSPS) is 10.4. The molecule has 0 spiro atoms. The minimum atomic E-state index is 0.786. The van der Waals surface area contributed by atoms with Gasteiger partial charge in [0.1, 0.15) is 10.0 Å². The summed E-state index contributed by atoms with van der Waals surface area (Å²) in [4.78, 5) is 0. The largest absolute Gasteiger partial charge is 0.191 e. The van der Waals surface area contributed by atoms with Crippen LogP contribution >= 0.6 is 22.7 Å². The number of aromatic nitrogens is 4. The number of rotatable bonds is 11. The van der Waals surface area contributed by atoms with Gasteiger partial charge in [-0.1, -0.05) is 93.8 Å². The molecule has 0 saturated carbocycles. The van der Waals surface area contributed by atoms with Gasteiger partial charge in [-0.15, -0.1) is 20.4 Å². The molecular weight excluding hydrogens is 456 g/mol. The molecule has 0 radical (unpaired) electrons. The van der Waals surface area contributed by atoms with Gasteiger partial charge in [-0.2, -0.15) is 0 Å². The number of hydrogen-bond acceptors (Lipinski definition) is 6. The standard InChI is InChI=1S/C28H34N4S2/c1-4-7-9-11-13-25-29-31-27(33-25)19-16-22-15-17-24(23(6-3)21-22)18-20-28-32-30-26(34-28)14-12-10-8-5-2/h15,17,21H,4-14H2,1-3H3. The second-order valence-corrected chi connectivity index (χ2v) is 10.5. The van der Waals surface area contributed by atoms with Crippen molar-refractivity contribution >= 4 is 22.7 Å². The lowest BCUT2D eigenvalue weighted by atomic mass is 10.0. The van der Waals surface area contributed by atoms with Crippen molar-refractivity contribution in [3.05, 3.63) is 54.9 Å². The molecule has 0 saturated heterocycles. The number of aryl methyl sites for hydroxylation is 3. The topological polar surface area (TPSA) is 51.6 Å². The van der Waals surface area contributed by atoms with Gasteiger partial charge in [0, 0.05) is 24.0 Å². The van der Waals surface area contributed by atoms with Crippen LogP contribution in [0.1, 0.15) is 109 Å². The van der Waals surface area contributed by atoms with E-state index in [-0.39, 0.29) is 0 Å². The lowest BCUT2D eigenvalue weighted by molar-refractivity contribution is 0.663. The van der Waals surface area contributed by atoms with Crippen molar-refractivity contribution in [3.63, 3.8) is 0 Å². The Bertz CT molecular complexity index is 1150. The number of nitrogens with zero attached hydrogens (tertiary/aromatic N) is 4. The smallest absolute Gasteiger partial charge is 0.143 e. The highest BCUT2D eigenvalue weighted by molar-refractivity contribution is 7.12. The molecule has 0 aliphatic carbocycles. The number of hydrogen-bond donors (Lipinski definition) is 0. The molecule has 0 N–H and O–H groups in total. The third-order valence-corrected chi connectivity index (χ3v) is 7.32. The summed E-state index contributed by atoms with van der Waals surface area (Å²) in [7, 11) is 0. The Morgan fingerprint density at radius 1 is 0.647 bits per heavy atom. The zero-order valence-corrected chi connectivity index (χ0v) is 22.2. The SMILES string of the molecule is CCCCCCc1nnc(C#Cc2ccc(C#Cc3nnc(CCCCCC)s3)c(CC)c2)s1. The van der Waals surface area contributed by atoms with Crippen molar-refractivity contribution < 1.29 is 0 Å². The molecule has 34 heavy (non-hydrogen) atoms. The highest BCUT2D eigenvalue weighted by atomic mass is 32.1. The van der Waals surface area contributed by atoms with Crippen molar-refractivity contribution in [1.29, 1.82) is 0 Å². The molecule has 178 valence electrons. The van der Waals surface area contributed by atoms with E-state index < -0.39 is 0 Å². The van der Waals surface area contributed by atoms with Crippen LogP contribution in [-0.2, 0) is 19.3 Å². The van der Waals surface area contributed by atoms with Crippen LogP contribution in [0.5, 0.6) is 0 Å². The van der Waals surface area contributed by atoms with Gasteiger partial charge < -0.3 is 0 Å². The first-order valence-electron chi connectivity index (χ1n) is 12.5. The van der Waals surface area contributed by atoms with Gasteiger partial charge in [0.05, 0.1) is 0 Å². The second kappa shape index (κ2) is 14.7. The third kappa shape index (κ3) is 8.67. The highest BCUT2D eigenvalue weighted by Gasteiger charge is 2.04. The third-order valence-electron chi connectivity index (χ3n) is 5.53. The Morgan fingerprint density at radius 2 is 1.24 bits per heavy atom. The van der Waals surface area contributed by atoms with Crippen LogP contribution in [0, 0.1) is 23.7 Å². The van der Waals surface area contributed by atoms with Crippen molar-refractivity contribution in [3.8, 4) is 23.7 Å². The predicted molar refractivity (Wildman–Crippen MR) is 143 cm³/mol. The summed E-state index contributed by atoms with van der Waals surface area (Å²) in [6.07, 6.45) is 12.8. The van der Waals surface area contributed by atoms with Crippen LogP contribution in [0.25, 0.3) is 0 Å². The van der Waals surface area contributed by atoms with E-state index >= 15 is 0 Å². The summed E-state index contributed by atoms with van der Waals surface area (Å²) < 4.78 is 0. The first kappa shape index (κ1) is 26.1. The van der Waals surface area contributed by atoms with Gasteiger partial charge in [0.25, 0.3) is 0 Å². The van der Waals surface area contributed by atoms with Crippen LogP contribution in [0.4, 0.5) is 0 Å². The maximum absolute atomic E-state index is 4.30. The molecule has 2 aromatic heterocycles. The molecular formula is C28H34N4S2. The average molecular weight is 491 g/mol. The number of unbranched alkanes of at least 4 members (excludes halogenated alkanes) is 6. The summed E-state index contributed by atoms with van der Waals surface area (Å²) >= 11 is 3.22. The maximum atomic E-state index is 4.30. The molecule has 3 aromatic rings. The zero-order valence-electron chi connectivity index (χ0n) is 20.6. The summed E-state index contributed by atoms with van der Waals surface area (Å²) in [5, 5.41) is 20.8. The van der Waals surface area contributed by atoms with E-state index in [1.807, 2.05) is 6.07 Å². The molecule has 0 aliphatic rings. The monoisotopic (exact) mass is 490 g/mol. The van der Waals surface area contributed by atoms with E-state index in [4.69, 9.17) is 0 Å². The predicted octanol–water partition coefficient (Wildman–Crippen LogP) is 7.00. The maximum Gasteiger partial charge on any atom is 0.191 e. The molecule has 6 heteroatoms. The van der Waals surface area contributed by atoms with Gasteiger partial charge >= 0.3 is 0 Å². The van der Waals surface area contributed by atoms with Gasteiger partial charge in [-0.05, 0) is 54.9 Å². The van der Waals surface area contributed by atoms with Crippen LogP contribution in [0.3, 0.4) is 0 Å². The number of benzene rings is 1. The Morgan fingerprint density at radius 3 is 1.79 bits per heavy atom. The first-order valence-corrected chi connectivity index (χ1v) is 14.2. The molecule has 0 bridgehead atoms. The fraction of sp³-hybridized carbons (Fsp3) is 0.500. The molecule has 2 heterocycles. The molecule has 0 amide bonds. The molecule has 3 rings (SSSR count). The quantitative estimate of drug-likeness (QED) is 0.214. The van der Waals surface area contributed by atoms with Gasteiger partial charge in [0.2, 0.25) is 0 Å². The Labute approximate surface area is 212 Å². The van der Waals surface area contributed by atoms with E-state index in [1.165, 1.54) is 56.9 Å². The Hall–Kier alpha value is -2.54. The lowest BCUT2D eigenvalue weighted by Gasteiger charge is -2.01. The van der Waals surface area contributed by atoms with Gasteiger partial charge in [-0.25, -0.2) is 0 Å². The molecule has 0 unspecified atom stereocenters. The van der Waals surface area contributed by atoms with Crippen LogP contribution in [0.2, 0.25) is 0 Å². The van der Waals surface area contributed by atoms with Crippen LogP contribution in [0.15, 0.2) is 18.2 Å². The lowest BCUT2D eigenvalue weighted by Crippen LogP contribution is -1.89. The summed E-state index contributed by atoms with van der Waals surface area (Å²) in [6, 6.07) is 6.22. The fourth-order valence-electron chi connectivity index (χ4n) is 3.55. The van der Waals surface area contributed by atoms with E-state index in [2.05, 4.69) is 77.0 Å². The second-order valence-electron chi connectivity index (χ2n) is 8.35. The molecule has 4 nitrogen and oxygen atoms in total. The van der Waals surface area contributed by atoms with Crippen molar-refractivity contribution in [2.75, 3.05) is 0 Å². The van der Waals surface area contributed by atoms with Crippen LogP contribution in [-0.4, -0.2) is 20.4 Å². The fourth-order valence-corrected chi connectivity index (χ4v) is 5.02. The van der Waals surface area contributed by atoms with Crippen molar-refractivity contribution in [1.82, 2.24) is 20.4 Å². The first-order chi connectivity index (χ1) is 16.7. The highest BCUT2D eigenvalue weighted by Crippen LogP contribution is 2.16. The van der Waals surface area contributed by atoms with Crippen LogP contribution < -0.4 is 0 Å².